The first-order chi connectivity index (χ1) is 12.5. The van der Waals surface area contributed by atoms with E-state index in [9.17, 15) is 9.90 Å². The summed E-state index contributed by atoms with van der Waals surface area (Å²) in [4.78, 5) is 19.9. The van der Waals surface area contributed by atoms with Crippen LogP contribution in [0.2, 0.25) is 0 Å². The van der Waals surface area contributed by atoms with Gasteiger partial charge in [-0.2, -0.15) is 0 Å². The fourth-order valence-electron chi connectivity index (χ4n) is 3.36. The summed E-state index contributed by atoms with van der Waals surface area (Å²) in [5.74, 6) is -0.186. The molecular weight excluding hydrogens is 332 g/mol. The summed E-state index contributed by atoms with van der Waals surface area (Å²) in [5, 5.41) is 17.8. The minimum absolute atomic E-state index is 0.186. The summed E-state index contributed by atoms with van der Waals surface area (Å²) >= 11 is 0. The maximum absolute atomic E-state index is 12.4. The van der Waals surface area contributed by atoms with Crippen molar-refractivity contribution in [2.75, 3.05) is 24.4 Å². The number of carbonyl (C=O) groups is 1. The zero-order valence-corrected chi connectivity index (χ0v) is 14.5. The lowest BCUT2D eigenvalue weighted by Crippen LogP contribution is -2.53. The Balaban J connectivity index is 1.86. The fraction of sp³-hybridized carbons (Fsp3) is 0.263. The Morgan fingerprint density at radius 3 is 2.81 bits per heavy atom. The van der Waals surface area contributed by atoms with Gasteiger partial charge in [0.15, 0.2) is 0 Å². The number of aliphatic hydroxyl groups excluding tert-OH is 1. The van der Waals surface area contributed by atoms with Crippen molar-refractivity contribution >= 4 is 28.3 Å². The van der Waals surface area contributed by atoms with Gasteiger partial charge >= 0.3 is 0 Å². The number of amides is 1. The van der Waals surface area contributed by atoms with E-state index in [1.165, 1.54) is 0 Å². The van der Waals surface area contributed by atoms with Gasteiger partial charge in [-0.05, 0) is 12.5 Å². The topological polar surface area (TPSA) is 99.3 Å². The number of benzene rings is 1. The second kappa shape index (κ2) is 6.12. The van der Waals surface area contributed by atoms with E-state index < -0.39 is 11.6 Å². The lowest BCUT2D eigenvalue weighted by molar-refractivity contribution is -0.121. The van der Waals surface area contributed by atoms with E-state index in [1.807, 2.05) is 30.3 Å². The van der Waals surface area contributed by atoms with E-state index in [-0.39, 0.29) is 12.5 Å². The van der Waals surface area contributed by atoms with Crippen molar-refractivity contribution in [3.8, 4) is 0 Å². The number of aromatic nitrogens is 2. The van der Waals surface area contributed by atoms with E-state index in [0.717, 1.165) is 16.6 Å². The van der Waals surface area contributed by atoms with Crippen LogP contribution in [0, 0.1) is 0 Å². The molecule has 2 aromatic heterocycles. The van der Waals surface area contributed by atoms with Crippen LogP contribution in [0.4, 0.5) is 11.4 Å². The van der Waals surface area contributed by atoms with Crippen LogP contribution in [0.1, 0.15) is 24.2 Å². The summed E-state index contributed by atoms with van der Waals surface area (Å²) in [7, 11) is 1.55. The van der Waals surface area contributed by atoms with E-state index in [4.69, 9.17) is 4.74 Å². The van der Waals surface area contributed by atoms with E-state index in [1.54, 1.807) is 26.4 Å². The molecule has 3 heterocycles. The number of nitrogens with one attached hydrogen (secondary N) is 3. The molecule has 1 aromatic carbocycles. The lowest BCUT2D eigenvalue weighted by Gasteiger charge is -2.35. The third-order valence-corrected chi connectivity index (χ3v) is 4.73. The first-order valence-corrected chi connectivity index (χ1v) is 8.35. The van der Waals surface area contributed by atoms with E-state index in [0.29, 0.717) is 16.9 Å². The Hall–Kier alpha value is -2.90. The molecular formula is C19H20N4O3. The maximum atomic E-state index is 12.4. The number of carbonyl (C=O) groups excluding carboxylic acids is 1. The van der Waals surface area contributed by atoms with Crippen LogP contribution < -0.4 is 10.6 Å². The first kappa shape index (κ1) is 16.6. The molecule has 7 nitrogen and oxygen atoms in total. The molecule has 2 atom stereocenters. The summed E-state index contributed by atoms with van der Waals surface area (Å²) in [5.41, 5.74) is 2.50. The number of fused-ring (bicyclic) bond motifs is 3. The predicted octanol–water partition coefficient (Wildman–Crippen LogP) is 2.41. The Morgan fingerprint density at radius 1 is 1.31 bits per heavy atom. The van der Waals surface area contributed by atoms with Gasteiger partial charge in [-0.1, -0.05) is 30.3 Å². The van der Waals surface area contributed by atoms with Gasteiger partial charge < -0.3 is 25.5 Å². The van der Waals surface area contributed by atoms with Gasteiger partial charge in [0.1, 0.15) is 17.3 Å². The van der Waals surface area contributed by atoms with Crippen molar-refractivity contribution in [1.29, 1.82) is 0 Å². The molecule has 0 aliphatic carbocycles. The fourth-order valence-corrected chi connectivity index (χ4v) is 3.36. The molecule has 0 bridgehead atoms. The highest BCUT2D eigenvalue weighted by Gasteiger charge is 2.39. The molecule has 26 heavy (non-hydrogen) atoms. The number of aromatic amines is 1. The maximum Gasteiger partial charge on any atom is 0.252 e. The summed E-state index contributed by atoms with van der Waals surface area (Å²) < 4.78 is 5.21. The minimum atomic E-state index is -0.914. The summed E-state index contributed by atoms with van der Waals surface area (Å²) in [6, 6.07) is 9.42. The predicted molar refractivity (Wildman–Crippen MR) is 99.1 cm³/mol. The number of aliphatic hydroxyl groups is 1. The Labute approximate surface area is 150 Å². The SMILES string of the molecule is COC[C@]1(C)Nc2c(cnc3[nH]cc(C(O)c4ccccc4)c23)NC1=O. The highest BCUT2D eigenvalue weighted by Crippen LogP contribution is 2.40. The molecule has 134 valence electrons. The third-order valence-electron chi connectivity index (χ3n) is 4.73. The molecule has 1 aliphatic rings. The van der Waals surface area contributed by atoms with Crippen LogP contribution in [0.25, 0.3) is 11.0 Å². The Morgan fingerprint density at radius 2 is 2.08 bits per heavy atom. The van der Waals surface area contributed by atoms with Crippen LogP contribution in [-0.2, 0) is 9.53 Å². The van der Waals surface area contributed by atoms with Gasteiger partial charge in [0.2, 0.25) is 0 Å². The number of anilines is 2. The van der Waals surface area contributed by atoms with E-state index in [2.05, 4.69) is 20.6 Å². The van der Waals surface area contributed by atoms with Crippen LogP contribution in [0.3, 0.4) is 0 Å². The highest BCUT2D eigenvalue weighted by molar-refractivity contribution is 6.12. The second-order valence-corrected chi connectivity index (χ2v) is 6.67. The molecule has 4 rings (SSSR count). The molecule has 3 aromatic rings. The van der Waals surface area contributed by atoms with Crippen molar-refractivity contribution in [1.82, 2.24) is 9.97 Å². The van der Waals surface area contributed by atoms with E-state index >= 15 is 0 Å². The monoisotopic (exact) mass is 352 g/mol. The van der Waals surface area contributed by atoms with Gasteiger partial charge in [0.05, 0.1) is 29.6 Å². The number of methoxy groups -OCH3 is 1. The summed E-state index contributed by atoms with van der Waals surface area (Å²) in [6.45, 7) is 1.99. The molecule has 0 spiro atoms. The normalized spacial score (nSPS) is 20.3. The molecule has 1 aliphatic heterocycles. The number of H-pyrrole nitrogens is 1. The average Bonchev–Trinajstić information content (AvgIpc) is 3.08. The number of rotatable bonds is 4. The number of pyridine rings is 1. The van der Waals surface area contributed by atoms with Crippen molar-refractivity contribution in [2.45, 2.75) is 18.6 Å². The quantitative estimate of drug-likeness (QED) is 0.578. The zero-order valence-electron chi connectivity index (χ0n) is 14.5. The second-order valence-electron chi connectivity index (χ2n) is 6.67. The van der Waals surface area contributed by atoms with Gasteiger partial charge in [-0.3, -0.25) is 4.79 Å². The first-order valence-electron chi connectivity index (χ1n) is 8.35. The number of ether oxygens (including phenoxy) is 1. The largest absolute Gasteiger partial charge is 0.384 e. The van der Waals surface area contributed by atoms with Crippen molar-refractivity contribution in [3.63, 3.8) is 0 Å². The summed E-state index contributed by atoms with van der Waals surface area (Å²) in [6.07, 6.45) is 2.54. The van der Waals surface area contributed by atoms with Crippen molar-refractivity contribution in [2.24, 2.45) is 0 Å². The van der Waals surface area contributed by atoms with Crippen LogP contribution in [-0.4, -0.2) is 40.2 Å². The molecule has 0 saturated carbocycles. The van der Waals surface area contributed by atoms with Gasteiger partial charge in [0, 0.05) is 18.9 Å². The minimum Gasteiger partial charge on any atom is -0.384 e. The smallest absolute Gasteiger partial charge is 0.252 e. The van der Waals surface area contributed by atoms with Gasteiger partial charge in [-0.25, -0.2) is 4.98 Å². The zero-order chi connectivity index (χ0) is 18.3. The molecule has 0 radical (unpaired) electrons. The number of nitrogens with zero attached hydrogens (tertiary/aromatic N) is 1. The van der Waals surface area contributed by atoms with Crippen molar-refractivity contribution in [3.05, 3.63) is 53.9 Å². The average molecular weight is 352 g/mol. The molecule has 7 heteroatoms. The number of hydrogen-bond acceptors (Lipinski definition) is 5. The third kappa shape index (κ3) is 2.53. The molecule has 0 saturated heterocycles. The molecule has 1 amide bonds. The molecule has 0 fully saturated rings. The molecule has 4 N–H and O–H groups in total. The number of hydrogen-bond donors (Lipinski definition) is 4. The van der Waals surface area contributed by atoms with Gasteiger partial charge in [-0.15, -0.1) is 0 Å². The molecule has 1 unspecified atom stereocenters. The Kier molecular flexibility index (Phi) is 3.90. The highest BCUT2D eigenvalue weighted by atomic mass is 16.5. The van der Waals surface area contributed by atoms with Gasteiger partial charge in [0.25, 0.3) is 5.91 Å². The van der Waals surface area contributed by atoms with Crippen LogP contribution >= 0.6 is 0 Å². The standard InChI is InChI=1S/C19H20N4O3/c1-19(10-26-2)18(25)22-13-9-21-17-14(15(13)23-19)12(8-20-17)16(24)11-6-4-3-5-7-11/h3-9,16,23-24H,10H2,1-2H3,(H,20,21)(H,22,25)/t16?,19-/m0/s1. The van der Waals surface area contributed by atoms with Crippen LogP contribution in [0.15, 0.2) is 42.7 Å². The van der Waals surface area contributed by atoms with Crippen molar-refractivity contribution < 1.29 is 14.6 Å². The lowest BCUT2D eigenvalue weighted by atomic mass is 9.95. The van der Waals surface area contributed by atoms with Crippen LogP contribution in [0.5, 0.6) is 0 Å². The Bertz CT molecular complexity index is 970.